The smallest absolute Gasteiger partial charge is 0.351 e. The Bertz CT molecular complexity index is 555. The second kappa shape index (κ2) is 4.23. The molecule has 2 aromatic rings. The molecule has 0 aromatic carbocycles. The molecule has 0 N–H and O–H groups in total. The molecule has 84 valence electrons. The van der Waals surface area contributed by atoms with Crippen molar-refractivity contribution in [2.24, 2.45) is 0 Å². The summed E-state index contributed by atoms with van der Waals surface area (Å²) in [5.74, 6) is -0.117. The van der Waals surface area contributed by atoms with E-state index in [0.29, 0.717) is 20.8 Å². The van der Waals surface area contributed by atoms with Gasteiger partial charge in [-0.2, -0.15) is 0 Å². The van der Waals surface area contributed by atoms with Gasteiger partial charge in [0.1, 0.15) is 16.3 Å². The van der Waals surface area contributed by atoms with Crippen molar-refractivity contribution in [2.45, 2.75) is 0 Å². The Labute approximate surface area is 100.0 Å². The number of methoxy groups -OCH3 is 2. The molecule has 0 spiro atoms. The molecule has 0 bridgehead atoms. The third-order valence-corrected chi connectivity index (χ3v) is 3.32. The summed E-state index contributed by atoms with van der Waals surface area (Å²) in [5, 5.41) is 0.797. The van der Waals surface area contributed by atoms with Crippen molar-refractivity contribution < 1.29 is 14.3 Å². The maximum absolute atomic E-state index is 11.5. The van der Waals surface area contributed by atoms with Gasteiger partial charge in [-0.05, 0) is 0 Å². The van der Waals surface area contributed by atoms with E-state index in [1.807, 2.05) is 0 Å². The third kappa shape index (κ3) is 1.60. The van der Waals surface area contributed by atoms with Crippen molar-refractivity contribution in [1.29, 1.82) is 0 Å². The lowest BCUT2D eigenvalue weighted by Gasteiger charge is -2.01. The Morgan fingerprint density at radius 1 is 1.44 bits per heavy atom. The second-order valence-corrected chi connectivity index (χ2v) is 4.16. The van der Waals surface area contributed by atoms with Gasteiger partial charge in [-0.1, -0.05) is 11.6 Å². The van der Waals surface area contributed by atoms with Crippen LogP contribution >= 0.6 is 22.9 Å². The Kier molecular flexibility index (Phi) is 2.93. The molecule has 0 fully saturated rings. The molecule has 16 heavy (non-hydrogen) atoms. The Morgan fingerprint density at radius 3 is 2.81 bits per heavy atom. The molecule has 5 nitrogen and oxygen atoms in total. The fourth-order valence-corrected chi connectivity index (χ4v) is 2.60. The predicted molar refractivity (Wildman–Crippen MR) is 60.3 cm³/mol. The molecule has 7 heteroatoms. The number of rotatable bonds is 2. The summed E-state index contributed by atoms with van der Waals surface area (Å²) in [7, 11) is 2.76. The lowest BCUT2D eigenvalue weighted by Crippen LogP contribution is -2.00. The van der Waals surface area contributed by atoms with E-state index in [4.69, 9.17) is 16.3 Å². The van der Waals surface area contributed by atoms with Gasteiger partial charge in [-0.3, -0.25) is 0 Å². The highest BCUT2D eigenvalue weighted by molar-refractivity contribution is 7.21. The van der Waals surface area contributed by atoms with Crippen LogP contribution in [0.25, 0.3) is 10.2 Å². The molecule has 0 saturated heterocycles. The van der Waals surface area contributed by atoms with E-state index in [1.54, 1.807) is 0 Å². The standard InChI is InChI=1S/C9H7ClN2O3S/c1-14-5-4-7(10)11-3-12-8(4)16-6(5)9(13)15-2/h3H,1-2H3. The van der Waals surface area contributed by atoms with Crippen LogP contribution in [0.2, 0.25) is 5.15 Å². The summed E-state index contributed by atoms with van der Waals surface area (Å²) < 4.78 is 9.80. The molecule has 0 saturated carbocycles. The van der Waals surface area contributed by atoms with Gasteiger partial charge in [0.05, 0.1) is 19.6 Å². The largest absolute Gasteiger partial charge is 0.494 e. The van der Waals surface area contributed by atoms with Crippen molar-refractivity contribution in [3.05, 3.63) is 16.4 Å². The van der Waals surface area contributed by atoms with Gasteiger partial charge in [0.25, 0.3) is 0 Å². The molecule has 2 aromatic heterocycles. The van der Waals surface area contributed by atoms with Gasteiger partial charge in [-0.15, -0.1) is 11.3 Å². The van der Waals surface area contributed by atoms with Crippen molar-refractivity contribution >= 4 is 39.1 Å². The molecular formula is C9H7ClN2O3S. The molecular weight excluding hydrogens is 252 g/mol. The maximum Gasteiger partial charge on any atom is 0.351 e. The normalized spacial score (nSPS) is 10.4. The maximum atomic E-state index is 11.5. The number of hydrogen-bond donors (Lipinski definition) is 0. The van der Waals surface area contributed by atoms with Crippen LogP contribution in [0.5, 0.6) is 5.75 Å². The van der Waals surface area contributed by atoms with Crippen LogP contribution in [0.3, 0.4) is 0 Å². The number of ether oxygens (including phenoxy) is 2. The monoisotopic (exact) mass is 258 g/mol. The minimum atomic E-state index is -0.476. The lowest BCUT2D eigenvalue weighted by atomic mass is 10.3. The Hall–Kier alpha value is -1.40. The molecule has 0 radical (unpaired) electrons. The average molecular weight is 259 g/mol. The van der Waals surface area contributed by atoms with E-state index < -0.39 is 5.97 Å². The quantitative estimate of drug-likeness (QED) is 0.610. The van der Waals surface area contributed by atoms with Crippen LogP contribution < -0.4 is 4.74 Å². The summed E-state index contributed by atoms with van der Waals surface area (Å²) in [6, 6.07) is 0. The number of esters is 1. The van der Waals surface area contributed by atoms with E-state index in [9.17, 15) is 4.79 Å². The van der Waals surface area contributed by atoms with Crippen molar-refractivity contribution in [3.63, 3.8) is 0 Å². The van der Waals surface area contributed by atoms with E-state index >= 15 is 0 Å². The van der Waals surface area contributed by atoms with Gasteiger partial charge >= 0.3 is 5.97 Å². The van der Waals surface area contributed by atoms with E-state index in [2.05, 4.69) is 14.7 Å². The van der Waals surface area contributed by atoms with Crippen molar-refractivity contribution in [1.82, 2.24) is 9.97 Å². The summed E-state index contributed by atoms with van der Waals surface area (Å²) >= 11 is 7.09. The zero-order valence-corrected chi connectivity index (χ0v) is 10.1. The third-order valence-electron chi connectivity index (χ3n) is 1.97. The first-order chi connectivity index (χ1) is 7.69. The number of aromatic nitrogens is 2. The van der Waals surface area contributed by atoms with Crippen molar-refractivity contribution in [2.75, 3.05) is 14.2 Å². The lowest BCUT2D eigenvalue weighted by molar-refractivity contribution is 0.0603. The van der Waals surface area contributed by atoms with Gasteiger partial charge < -0.3 is 9.47 Å². The number of halogens is 1. The molecule has 0 aliphatic carbocycles. The highest BCUT2D eigenvalue weighted by Crippen LogP contribution is 2.39. The molecule has 0 unspecified atom stereocenters. The predicted octanol–water partition coefficient (Wildman–Crippen LogP) is 2.14. The topological polar surface area (TPSA) is 61.3 Å². The Balaban J connectivity index is 2.77. The molecule has 0 atom stereocenters. The average Bonchev–Trinajstić information content (AvgIpc) is 2.68. The van der Waals surface area contributed by atoms with E-state index in [0.717, 1.165) is 11.3 Å². The van der Waals surface area contributed by atoms with E-state index in [1.165, 1.54) is 20.5 Å². The van der Waals surface area contributed by atoms with Crippen LogP contribution in [-0.4, -0.2) is 30.2 Å². The Morgan fingerprint density at radius 2 is 2.19 bits per heavy atom. The summed E-state index contributed by atoms with van der Waals surface area (Å²) in [5.41, 5.74) is 0. The molecule has 2 rings (SSSR count). The molecule has 0 amide bonds. The number of carbonyl (C=O) groups is 1. The van der Waals surface area contributed by atoms with Crippen LogP contribution in [0.15, 0.2) is 6.33 Å². The summed E-state index contributed by atoms with van der Waals surface area (Å²) in [6.45, 7) is 0. The van der Waals surface area contributed by atoms with Crippen LogP contribution in [0, 0.1) is 0 Å². The second-order valence-electron chi connectivity index (χ2n) is 2.80. The summed E-state index contributed by atoms with van der Waals surface area (Å²) in [4.78, 5) is 20.3. The fourth-order valence-electron chi connectivity index (χ4n) is 1.30. The van der Waals surface area contributed by atoms with Crippen molar-refractivity contribution in [3.8, 4) is 5.75 Å². The SMILES string of the molecule is COC(=O)c1sc2ncnc(Cl)c2c1OC. The number of carbonyl (C=O) groups excluding carboxylic acids is 1. The highest BCUT2D eigenvalue weighted by atomic mass is 35.5. The number of nitrogens with zero attached hydrogens (tertiary/aromatic N) is 2. The van der Waals surface area contributed by atoms with Gasteiger partial charge in [-0.25, -0.2) is 14.8 Å². The zero-order valence-electron chi connectivity index (χ0n) is 8.48. The first kappa shape index (κ1) is 11.1. The van der Waals surface area contributed by atoms with Crippen LogP contribution in [0.4, 0.5) is 0 Å². The molecule has 0 aliphatic rings. The first-order valence-corrected chi connectivity index (χ1v) is 5.43. The number of hydrogen-bond acceptors (Lipinski definition) is 6. The van der Waals surface area contributed by atoms with Crippen LogP contribution in [0.1, 0.15) is 9.67 Å². The van der Waals surface area contributed by atoms with E-state index in [-0.39, 0.29) is 5.15 Å². The first-order valence-electron chi connectivity index (χ1n) is 4.24. The minimum Gasteiger partial charge on any atom is -0.494 e. The molecule has 2 heterocycles. The van der Waals surface area contributed by atoms with Gasteiger partial charge in [0.2, 0.25) is 0 Å². The highest BCUT2D eigenvalue weighted by Gasteiger charge is 2.22. The zero-order chi connectivity index (χ0) is 11.7. The van der Waals surface area contributed by atoms with Crippen LogP contribution in [-0.2, 0) is 4.74 Å². The number of thiophene rings is 1. The fraction of sp³-hybridized carbons (Fsp3) is 0.222. The minimum absolute atomic E-state index is 0.258. The number of fused-ring (bicyclic) bond motifs is 1. The van der Waals surface area contributed by atoms with Gasteiger partial charge in [0, 0.05) is 0 Å². The molecule has 0 aliphatic heterocycles. The van der Waals surface area contributed by atoms with Gasteiger partial charge in [0.15, 0.2) is 10.6 Å². The summed E-state index contributed by atoms with van der Waals surface area (Å²) in [6.07, 6.45) is 1.33.